The van der Waals surface area contributed by atoms with Crippen molar-refractivity contribution >= 4 is 17.6 Å². The molecule has 0 saturated carbocycles. The summed E-state index contributed by atoms with van der Waals surface area (Å²) in [7, 11) is 0. The fraction of sp³-hybridized carbons (Fsp3) is 0.188. The molecule has 1 aromatic carbocycles. The molecule has 0 saturated heterocycles. The molecule has 0 N–H and O–H groups in total. The zero-order valence-electron chi connectivity index (χ0n) is 10.4. The van der Waals surface area contributed by atoms with Crippen molar-refractivity contribution < 1.29 is 4.79 Å². The van der Waals surface area contributed by atoms with Crippen molar-refractivity contribution in [3.05, 3.63) is 70.9 Å². The van der Waals surface area contributed by atoms with Gasteiger partial charge in [-0.25, -0.2) is 0 Å². The zero-order valence-corrected chi connectivity index (χ0v) is 11.2. The van der Waals surface area contributed by atoms with E-state index in [4.69, 9.17) is 0 Å². The normalized spacial score (nSPS) is 15.6. The molecule has 0 bridgehead atoms. The molecular formula is C16H16OS. The summed E-state index contributed by atoms with van der Waals surface area (Å²) in [5, 5.41) is 4.11. The van der Waals surface area contributed by atoms with Gasteiger partial charge < -0.3 is 4.79 Å². The zero-order chi connectivity index (χ0) is 13.0. The summed E-state index contributed by atoms with van der Waals surface area (Å²) in [6, 6.07) is 11.9. The molecule has 0 aliphatic heterocycles. The molecule has 0 fully saturated rings. The first-order valence-electron chi connectivity index (χ1n) is 5.89. The Kier molecular flexibility index (Phi) is 3.78. The number of thiophene rings is 1. The number of benzene rings is 1. The van der Waals surface area contributed by atoms with Gasteiger partial charge in [-0.05, 0) is 34.9 Å². The molecule has 0 radical (unpaired) electrons. The predicted octanol–water partition coefficient (Wildman–Crippen LogP) is 4.17. The maximum absolute atomic E-state index is 11.7. The van der Waals surface area contributed by atoms with Gasteiger partial charge in [-0.2, -0.15) is 11.3 Å². The third-order valence-corrected chi connectivity index (χ3v) is 4.13. The Balaban J connectivity index is 2.49. The van der Waals surface area contributed by atoms with Crippen LogP contribution in [-0.4, -0.2) is 6.29 Å². The molecule has 0 amide bonds. The van der Waals surface area contributed by atoms with Gasteiger partial charge in [0.15, 0.2) is 0 Å². The number of rotatable bonds is 5. The highest BCUT2D eigenvalue weighted by molar-refractivity contribution is 7.08. The summed E-state index contributed by atoms with van der Waals surface area (Å²) in [6.07, 6.45) is 2.90. The van der Waals surface area contributed by atoms with Crippen LogP contribution in [-0.2, 0) is 10.2 Å². The quantitative estimate of drug-likeness (QED) is 0.579. The minimum atomic E-state index is -0.565. The van der Waals surface area contributed by atoms with Gasteiger partial charge in [0.1, 0.15) is 6.29 Å². The van der Waals surface area contributed by atoms with E-state index in [1.165, 1.54) is 0 Å². The van der Waals surface area contributed by atoms with Gasteiger partial charge in [-0.15, -0.1) is 6.58 Å². The second kappa shape index (κ2) is 5.32. The van der Waals surface area contributed by atoms with Gasteiger partial charge in [-0.1, -0.05) is 36.4 Å². The first-order valence-corrected chi connectivity index (χ1v) is 6.83. The van der Waals surface area contributed by atoms with E-state index in [1.807, 2.05) is 48.7 Å². The second-order valence-electron chi connectivity index (χ2n) is 4.54. The molecule has 0 unspecified atom stereocenters. The van der Waals surface area contributed by atoms with Gasteiger partial charge in [0.25, 0.3) is 0 Å². The summed E-state index contributed by atoms with van der Waals surface area (Å²) in [5.74, 6) is 0.00338. The first kappa shape index (κ1) is 12.8. The van der Waals surface area contributed by atoms with Crippen LogP contribution in [0.15, 0.2) is 59.8 Å². The lowest BCUT2D eigenvalue weighted by atomic mass is 9.70. The lowest BCUT2D eigenvalue weighted by Gasteiger charge is -2.31. The molecule has 1 nitrogen and oxygen atoms in total. The smallest absolute Gasteiger partial charge is 0.131 e. The standard InChI is InChI=1S/C16H16OS/c1-3-15(13-9-10-18-11-13)16(2,12-17)14-7-5-4-6-8-14/h3-12,15H,1H2,2H3/t15-,16+/m1/s1. The van der Waals surface area contributed by atoms with Crippen molar-refractivity contribution in [1.29, 1.82) is 0 Å². The molecule has 18 heavy (non-hydrogen) atoms. The highest BCUT2D eigenvalue weighted by atomic mass is 32.1. The van der Waals surface area contributed by atoms with Crippen molar-refractivity contribution in [3.63, 3.8) is 0 Å². The van der Waals surface area contributed by atoms with Crippen LogP contribution in [0.5, 0.6) is 0 Å². The Morgan fingerprint density at radius 1 is 1.28 bits per heavy atom. The van der Waals surface area contributed by atoms with Gasteiger partial charge in [0, 0.05) is 5.92 Å². The average Bonchev–Trinajstić information content (AvgIpc) is 2.94. The van der Waals surface area contributed by atoms with E-state index >= 15 is 0 Å². The van der Waals surface area contributed by atoms with Gasteiger partial charge in [0.2, 0.25) is 0 Å². The van der Waals surface area contributed by atoms with Crippen molar-refractivity contribution in [2.75, 3.05) is 0 Å². The van der Waals surface area contributed by atoms with Crippen LogP contribution in [0.4, 0.5) is 0 Å². The van der Waals surface area contributed by atoms with Crippen LogP contribution in [0.3, 0.4) is 0 Å². The van der Waals surface area contributed by atoms with Gasteiger partial charge in [-0.3, -0.25) is 0 Å². The monoisotopic (exact) mass is 256 g/mol. The van der Waals surface area contributed by atoms with Gasteiger partial charge >= 0.3 is 0 Å². The molecule has 1 heterocycles. The first-order chi connectivity index (χ1) is 8.72. The lowest BCUT2D eigenvalue weighted by molar-refractivity contribution is -0.112. The Morgan fingerprint density at radius 3 is 2.50 bits per heavy atom. The maximum atomic E-state index is 11.7. The molecule has 92 valence electrons. The number of hydrogen-bond donors (Lipinski definition) is 0. The highest BCUT2D eigenvalue weighted by Crippen LogP contribution is 2.38. The summed E-state index contributed by atoms with van der Waals surface area (Å²) in [6.45, 7) is 5.87. The fourth-order valence-corrected chi connectivity index (χ4v) is 2.99. The van der Waals surface area contributed by atoms with Crippen LogP contribution in [0.1, 0.15) is 24.0 Å². The van der Waals surface area contributed by atoms with Crippen molar-refractivity contribution in [2.45, 2.75) is 18.3 Å². The van der Waals surface area contributed by atoms with Crippen LogP contribution in [0.25, 0.3) is 0 Å². The summed E-state index contributed by atoms with van der Waals surface area (Å²) < 4.78 is 0. The van der Waals surface area contributed by atoms with Gasteiger partial charge in [0.05, 0.1) is 5.41 Å². The van der Waals surface area contributed by atoms with Crippen molar-refractivity contribution in [3.8, 4) is 0 Å². The van der Waals surface area contributed by atoms with Crippen molar-refractivity contribution in [2.24, 2.45) is 0 Å². The van der Waals surface area contributed by atoms with E-state index < -0.39 is 5.41 Å². The number of carbonyl (C=O) groups excluding carboxylic acids is 1. The summed E-state index contributed by atoms with van der Waals surface area (Å²) >= 11 is 1.64. The second-order valence-corrected chi connectivity index (χ2v) is 5.32. The predicted molar refractivity (Wildman–Crippen MR) is 77.1 cm³/mol. The fourth-order valence-electron chi connectivity index (χ4n) is 2.30. The van der Waals surface area contributed by atoms with E-state index in [9.17, 15) is 4.79 Å². The molecular weight excluding hydrogens is 240 g/mol. The Hall–Kier alpha value is -1.67. The molecule has 1 aromatic heterocycles. The lowest BCUT2D eigenvalue weighted by Crippen LogP contribution is -2.30. The molecule has 2 aromatic rings. The molecule has 2 heteroatoms. The SMILES string of the molecule is C=C[C@H](c1ccsc1)[C@@](C)(C=O)c1ccccc1. The number of hydrogen-bond acceptors (Lipinski definition) is 2. The van der Waals surface area contributed by atoms with E-state index in [-0.39, 0.29) is 5.92 Å². The highest BCUT2D eigenvalue weighted by Gasteiger charge is 2.35. The Morgan fingerprint density at radius 2 is 2.00 bits per heavy atom. The molecule has 0 aliphatic carbocycles. The number of carbonyl (C=O) groups is 1. The molecule has 2 rings (SSSR count). The molecule has 2 atom stereocenters. The van der Waals surface area contributed by atoms with Crippen molar-refractivity contribution in [1.82, 2.24) is 0 Å². The minimum absolute atomic E-state index is 0.00338. The third kappa shape index (κ3) is 2.16. The minimum Gasteiger partial charge on any atom is -0.302 e. The number of allylic oxidation sites excluding steroid dienone is 1. The number of aldehydes is 1. The average molecular weight is 256 g/mol. The van der Waals surface area contributed by atoms with Crippen LogP contribution in [0, 0.1) is 0 Å². The van der Waals surface area contributed by atoms with E-state index in [0.717, 1.165) is 17.4 Å². The Labute approximate surface area is 112 Å². The van der Waals surface area contributed by atoms with Crippen LogP contribution in [0.2, 0.25) is 0 Å². The summed E-state index contributed by atoms with van der Waals surface area (Å²) in [4.78, 5) is 11.7. The van der Waals surface area contributed by atoms with E-state index in [0.29, 0.717) is 0 Å². The Bertz CT molecular complexity index is 515. The molecule has 0 aliphatic rings. The summed E-state index contributed by atoms with van der Waals surface area (Å²) in [5.41, 5.74) is 1.61. The van der Waals surface area contributed by atoms with Crippen LogP contribution >= 0.6 is 11.3 Å². The van der Waals surface area contributed by atoms with E-state index in [1.54, 1.807) is 11.3 Å². The maximum Gasteiger partial charge on any atom is 0.131 e. The topological polar surface area (TPSA) is 17.1 Å². The molecule has 0 spiro atoms. The largest absolute Gasteiger partial charge is 0.302 e. The van der Waals surface area contributed by atoms with E-state index in [2.05, 4.69) is 18.0 Å². The van der Waals surface area contributed by atoms with Crippen LogP contribution < -0.4 is 0 Å². The third-order valence-electron chi connectivity index (χ3n) is 3.42.